The predicted octanol–water partition coefficient (Wildman–Crippen LogP) is 6.11. The number of aryl methyl sites for hydroxylation is 1. The smallest absolute Gasteiger partial charge is 0.327 e. The van der Waals surface area contributed by atoms with Gasteiger partial charge in [0.25, 0.3) is 5.88 Å². The van der Waals surface area contributed by atoms with Crippen molar-refractivity contribution in [3.05, 3.63) is 88.7 Å². The second kappa shape index (κ2) is 11.5. The number of nitrogens with zero attached hydrogens (tertiary/aromatic N) is 4. The van der Waals surface area contributed by atoms with Crippen molar-refractivity contribution >= 4 is 28.6 Å². The lowest BCUT2D eigenvalue weighted by Crippen LogP contribution is -2.11. The van der Waals surface area contributed by atoms with Crippen molar-refractivity contribution in [1.29, 1.82) is 5.41 Å². The summed E-state index contributed by atoms with van der Waals surface area (Å²) in [5.41, 5.74) is 8.22. The summed E-state index contributed by atoms with van der Waals surface area (Å²) in [7, 11) is 1.54. The predicted molar refractivity (Wildman–Crippen MR) is 152 cm³/mol. The molecule has 0 fully saturated rings. The van der Waals surface area contributed by atoms with E-state index in [9.17, 15) is 0 Å². The number of aromatic nitrogens is 4. The summed E-state index contributed by atoms with van der Waals surface area (Å²) in [5, 5.41) is 8.29. The summed E-state index contributed by atoms with van der Waals surface area (Å²) in [4.78, 5) is 14.0. The van der Waals surface area contributed by atoms with E-state index >= 15 is 0 Å². The van der Waals surface area contributed by atoms with E-state index in [4.69, 9.17) is 51.7 Å². The normalized spacial score (nSPS) is 10.9. The molecule has 0 aliphatic heterocycles. The Kier molecular flexibility index (Phi) is 7.70. The highest BCUT2D eigenvalue weighted by atomic mass is 35.5. The van der Waals surface area contributed by atoms with Crippen LogP contribution in [0.25, 0.3) is 11.2 Å². The molecule has 0 spiro atoms. The van der Waals surface area contributed by atoms with Crippen LogP contribution in [-0.4, -0.2) is 39.1 Å². The van der Waals surface area contributed by atoms with Gasteiger partial charge in [0.05, 0.1) is 20.3 Å². The van der Waals surface area contributed by atoms with Crippen LogP contribution in [0.5, 0.6) is 34.9 Å². The quantitative estimate of drug-likeness (QED) is 0.155. The minimum Gasteiger partial charge on any atom is -0.497 e. The van der Waals surface area contributed by atoms with Crippen LogP contribution in [0, 0.1) is 12.3 Å². The molecule has 40 heavy (non-hydrogen) atoms. The van der Waals surface area contributed by atoms with Crippen LogP contribution in [0.4, 0.5) is 0 Å². The van der Waals surface area contributed by atoms with E-state index in [-0.39, 0.29) is 17.7 Å². The second-order valence-corrected chi connectivity index (χ2v) is 9.19. The van der Waals surface area contributed by atoms with Gasteiger partial charge >= 0.3 is 6.01 Å². The van der Waals surface area contributed by atoms with Crippen LogP contribution in [0.2, 0.25) is 5.02 Å². The molecule has 0 atom stereocenters. The topological polar surface area (TPSA) is 130 Å². The van der Waals surface area contributed by atoms with E-state index in [1.165, 1.54) is 0 Å². The minimum atomic E-state index is -0.109. The molecule has 204 valence electrons. The maximum absolute atomic E-state index is 7.86. The van der Waals surface area contributed by atoms with Crippen molar-refractivity contribution in [3.8, 4) is 34.9 Å². The van der Waals surface area contributed by atoms with Crippen LogP contribution in [0.3, 0.4) is 0 Å². The van der Waals surface area contributed by atoms with Gasteiger partial charge in [-0.1, -0.05) is 41.9 Å². The van der Waals surface area contributed by atoms with Crippen LogP contribution in [-0.2, 0) is 6.54 Å². The highest BCUT2D eigenvalue weighted by Gasteiger charge is 2.21. The monoisotopic (exact) mass is 558 g/mol. The first-order valence-electron chi connectivity index (χ1n) is 12.4. The molecule has 0 bridgehead atoms. The molecule has 5 rings (SSSR count). The van der Waals surface area contributed by atoms with Crippen molar-refractivity contribution in [2.24, 2.45) is 5.73 Å². The lowest BCUT2D eigenvalue weighted by atomic mass is 10.2. The summed E-state index contributed by atoms with van der Waals surface area (Å²) in [6.45, 7) is 4.68. The molecule has 2 heterocycles. The van der Waals surface area contributed by atoms with Crippen LogP contribution < -0.4 is 24.7 Å². The molecular formula is C29H27ClN6O4. The Balaban J connectivity index is 1.65. The summed E-state index contributed by atoms with van der Waals surface area (Å²) >= 11 is 6.25. The number of hydrogen-bond donors (Lipinski definition) is 2. The van der Waals surface area contributed by atoms with Gasteiger partial charge in [-0.3, -0.25) is 5.41 Å². The summed E-state index contributed by atoms with van der Waals surface area (Å²) < 4.78 is 25.4. The van der Waals surface area contributed by atoms with Crippen molar-refractivity contribution in [3.63, 3.8) is 0 Å². The van der Waals surface area contributed by atoms with Gasteiger partial charge in [-0.15, -0.1) is 0 Å². The number of halogens is 1. The molecule has 0 aliphatic carbocycles. The first-order valence-corrected chi connectivity index (χ1v) is 12.8. The van der Waals surface area contributed by atoms with Gasteiger partial charge in [0.1, 0.15) is 23.2 Å². The van der Waals surface area contributed by atoms with Crippen LogP contribution in [0.15, 0.2) is 66.7 Å². The molecule has 0 radical (unpaired) electrons. The number of fused-ring (bicyclic) bond motifs is 1. The maximum Gasteiger partial charge on any atom is 0.327 e. The average Bonchev–Trinajstić information content (AvgIpc) is 3.24. The van der Waals surface area contributed by atoms with E-state index in [1.54, 1.807) is 43.5 Å². The molecule has 0 amide bonds. The van der Waals surface area contributed by atoms with E-state index in [2.05, 4.69) is 4.98 Å². The SMILES string of the molecule is CCOc1ccc(C(=N)N)cc1Oc1nc(Oc2cc(Cl)cc(OC)c2)nc2c1nc(C)n2Cc1ccccc1. The van der Waals surface area contributed by atoms with Crippen molar-refractivity contribution in [2.75, 3.05) is 13.7 Å². The number of methoxy groups -OCH3 is 1. The van der Waals surface area contributed by atoms with E-state index < -0.39 is 0 Å². The highest BCUT2D eigenvalue weighted by molar-refractivity contribution is 6.30. The van der Waals surface area contributed by atoms with E-state index in [0.29, 0.717) is 63.7 Å². The fourth-order valence-electron chi connectivity index (χ4n) is 4.09. The van der Waals surface area contributed by atoms with Crippen molar-refractivity contribution in [2.45, 2.75) is 20.4 Å². The molecule has 2 aromatic heterocycles. The highest BCUT2D eigenvalue weighted by Crippen LogP contribution is 2.37. The Labute approximate surface area is 235 Å². The third-order valence-corrected chi connectivity index (χ3v) is 6.19. The van der Waals surface area contributed by atoms with Crippen LogP contribution >= 0.6 is 11.6 Å². The third kappa shape index (κ3) is 5.76. The Morgan fingerprint density at radius 2 is 1.73 bits per heavy atom. The molecule has 0 aliphatic rings. The number of ether oxygens (including phenoxy) is 4. The Bertz CT molecular complexity index is 1690. The van der Waals surface area contributed by atoms with E-state index in [0.717, 1.165) is 5.56 Å². The van der Waals surface area contributed by atoms with E-state index in [1.807, 2.05) is 48.7 Å². The van der Waals surface area contributed by atoms with Gasteiger partial charge in [-0.05, 0) is 49.7 Å². The summed E-state index contributed by atoms with van der Waals surface area (Å²) in [6.07, 6.45) is 0. The molecule has 11 heteroatoms. The largest absolute Gasteiger partial charge is 0.497 e. The number of rotatable bonds is 10. The van der Waals surface area contributed by atoms with Gasteiger partial charge < -0.3 is 29.2 Å². The molecule has 5 aromatic rings. The lowest BCUT2D eigenvalue weighted by Gasteiger charge is -2.14. The summed E-state index contributed by atoms with van der Waals surface area (Å²) in [5.74, 6) is 2.43. The molecule has 0 unspecified atom stereocenters. The molecule has 3 N–H and O–H groups in total. The zero-order valence-corrected chi connectivity index (χ0v) is 22.9. The Hall–Kier alpha value is -4.83. The molecule has 3 aromatic carbocycles. The third-order valence-electron chi connectivity index (χ3n) is 5.97. The number of nitrogens with two attached hydrogens (primary N) is 1. The van der Waals surface area contributed by atoms with Gasteiger partial charge in [-0.2, -0.15) is 9.97 Å². The first kappa shape index (κ1) is 26.8. The average molecular weight is 559 g/mol. The number of nitrogen functional groups attached to an aromatic ring is 1. The minimum absolute atomic E-state index is 0.0155. The Morgan fingerprint density at radius 1 is 0.950 bits per heavy atom. The number of imidazole rings is 1. The van der Waals surface area contributed by atoms with Crippen LogP contribution in [0.1, 0.15) is 23.9 Å². The van der Waals surface area contributed by atoms with Crippen molar-refractivity contribution < 1.29 is 18.9 Å². The lowest BCUT2D eigenvalue weighted by molar-refractivity contribution is 0.319. The number of benzene rings is 3. The second-order valence-electron chi connectivity index (χ2n) is 8.75. The molecule has 0 saturated heterocycles. The van der Waals surface area contributed by atoms with Gasteiger partial charge in [0, 0.05) is 16.7 Å². The van der Waals surface area contributed by atoms with Gasteiger partial charge in [-0.25, -0.2) is 4.98 Å². The molecule has 0 saturated carbocycles. The Morgan fingerprint density at radius 3 is 2.45 bits per heavy atom. The standard InChI is InChI=1S/C29H27ClN6O4/c1-4-38-23-11-10-19(26(31)32)12-24(23)40-28-25-27(36(17(2)33-25)16-18-8-6-5-7-9-18)34-29(35-28)39-22-14-20(30)13-21(15-22)37-3/h5-15H,4,16H2,1-3H3,(H3,31,32). The first-order chi connectivity index (χ1) is 19.3. The van der Waals surface area contributed by atoms with Gasteiger partial charge in [0.2, 0.25) is 0 Å². The number of hydrogen-bond acceptors (Lipinski definition) is 8. The molecular weight excluding hydrogens is 532 g/mol. The molecule has 10 nitrogen and oxygen atoms in total. The number of amidine groups is 1. The zero-order valence-electron chi connectivity index (χ0n) is 22.1. The maximum atomic E-state index is 7.86. The van der Waals surface area contributed by atoms with Gasteiger partial charge in [0.15, 0.2) is 22.7 Å². The summed E-state index contributed by atoms with van der Waals surface area (Å²) in [6, 6.07) is 20.0. The van der Waals surface area contributed by atoms with Crippen molar-refractivity contribution in [1.82, 2.24) is 19.5 Å². The number of nitrogens with one attached hydrogen (secondary N) is 1. The fraction of sp³-hybridized carbons (Fsp3) is 0.172. The zero-order chi connectivity index (χ0) is 28.2. The fourth-order valence-corrected chi connectivity index (χ4v) is 4.31.